The van der Waals surface area contributed by atoms with Gasteiger partial charge < -0.3 is 79.9 Å². The second-order valence-electron chi connectivity index (χ2n) is 8.42. The first-order chi connectivity index (χ1) is 16.0. The van der Waals surface area contributed by atoms with Gasteiger partial charge in [0.15, 0.2) is 18.9 Å². The fourth-order valence-electron chi connectivity index (χ4n) is 3.84. The highest BCUT2D eigenvalue weighted by molar-refractivity contribution is 4.92. The Balaban J connectivity index is 1.58. The van der Waals surface area contributed by atoms with Crippen molar-refractivity contribution in [3.05, 3.63) is 0 Å². The van der Waals surface area contributed by atoms with Crippen LogP contribution < -0.4 is 0 Å². The third kappa shape index (κ3) is 5.68. The summed E-state index contributed by atoms with van der Waals surface area (Å²) in [6.45, 7) is -1.84. The fraction of sp³-hybridized carbons (Fsp3) is 1.00. The standard InChI is InChI=1S/C18H32O16/c19-1-4-7(20)11(24)14(27)17(33-4)31-3-6-9(22)12(25)15(28)18(34-6)30-2-5-8(21)10(23)13(26)16(29)32-5/h4-29H,1-3H2/t4-,5-,6-,7-,8+,9+,10+,11+,12+,13-,14-,15-,16+,17-,18-/m1/s1. The zero-order valence-corrected chi connectivity index (χ0v) is 17.7. The molecule has 15 atom stereocenters. The minimum atomic E-state index is -1.82. The Morgan fingerprint density at radius 3 is 1.29 bits per heavy atom. The van der Waals surface area contributed by atoms with Crippen molar-refractivity contribution in [3.8, 4) is 0 Å². The molecule has 3 rings (SSSR count). The van der Waals surface area contributed by atoms with Crippen LogP contribution in [0, 0.1) is 0 Å². The van der Waals surface area contributed by atoms with E-state index >= 15 is 0 Å². The molecule has 3 saturated heterocycles. The van der Waals surface area contributed by atoms with E-state index < -0.39 is 112 Å². The predicted octanol–water partition coefficient (Wildman–Crippen LogP) is -7.57. The van der Waals surface area contributed by atoms with Crippen LogP contribution in [0.2, 0.25) is 0 Å². The third-order valence-corrected chi connectivity index (χ3v) is 6.05. The first-order valence-electron chi connectivity index (χ1n) is 10.6. The molecule has 0 aromatic rings. The number of aliphatic hydroxyl groups excluding tert-OH is 11. The minimum Gasteiger partial charge on any atom is -0.394 e. The lowest BCUT2D eigenvalue weighted by molar-refractivity contribution is -0.340. The molecule has 0 aliphatic carbocycles. The Hall–Kier alpha value is -0.640. The average Bonchev–Trinajstić information content (AvgIpc) is 2.82. The lowest BCUT2D eigenvalue weighted by atomic mass is 9.98. The van der Waals surface area contributed by atoms with Gasteiger partial charge in [0, 0.05) is 0 Å². The van der Waals surface area contributed by atoms with Gasteiger partial charge in [0.1, 0.15) is 73.2 Å². The largest absolute Gasteiger partial charge is 0.394 e. The van der Waals surface area contributed by atoms with Gasteiger partial charge >= 0.3 is 0 Å². The van der Waals surface area contributed by atoms with Gasteiger partial charge in [-0.1, -0.05) is 0 Å². The van der Waals surface area contributed by atoms with Crippen molar-refractivity contribution in [3.63, 3.8) is 0 Å². The van der Waals surface area contributed by atoms with E-state index in [4.69, 9.17) is 23.7 Å². The maximum atomic E-state index is 10.2. The van der Waals surface area contributed by atoms with E-state index in [2.05, 4.69) is 0 Å². The summed E-state index contributed by atoms with van der Waals surface area (Å²) in [7, 11) is 0. The highest BCUT2D eigenvalue weighted by Crippen LogP contribution is 2.27. The van der Waals surface area contributed by atoms with Gasteiger partial charge in [-0.3, -0.25) is 0 Å². The van der Waals surface area contributed by atoms with Crippen LogP contribution in [0.1, 0.15) is 0 Å². The molecule has 11 N–H and O–H groups in total. The molecule has 16 heteroatoms. The molecule has 3 aliphatic heterocycles. The summed E-state index contributed by atoms with van der Waals surface area (Å²) in [6, 6.07) is 0. The van der Waals surface area contributed by atoms with Crippen molar-refractivity contribution in [2.45, 2.75) is 92.1 Å². The monoisotopic (exact) mass is 504 g/mol. The van der Waals surface area contributed by atoms with Gasteiger partial charge in [0.05, 0.1) is 19.8 Å². The lowest BCUT2D eigenvalue weighted by Crippen LogP contribution is -2.62. The van der Waals surface area contributed by atoms with Gasteiger partial charge in [-0.05, 0) is 0 Å². The Morgan fingerprint density at radius 2 is 0.824 bits per heavy atom. The van der Waals surface area contributed by atoms with Crippen molar-refractivity contribution in [2.75, 3.05) is 19.8 Å². The minimum absolute atomic E-state index is 0.570. The average molecular weight is 504 g/mol. The Bertz CT molecular complexity index is 639. The van der Waals surface area contributed by atoms with Crippen molar-refractivity contribution in [1.29, 1.82) is 0 Å². The summed E-state index contributed by atoms with van der Waals surface area (Å²) in [6.07, 6.45) is -24.4. The highest BCUT2D eigenvalue weighted by Gasteiger charge is 2.48. The van der Waals surface area contributed by atoms with E-state index in [-0.39, 0.29) is 0 Å². The Kier molecular flexibility index (Phi) is 9.54. The van der Waals surface area contributed by atoms with E-state index in [0.29, 0.717) is 0 Å². The SMILES string of the molecule is OC[C@H]1O[C@@H](OC[C@H]2O[C@@H](OC[C@H]3O[C@H](O)[C@H](O)[C@@H](O)[C@H]3O)[C@H](O)[C@@H](O)[C@H]2O)[C@H](O)[C@@H](O)[C@@H]1O. The molecule has 0 unspecified atom stereocenters. The van der Waals surface area contributed by atoms with Crippen LogP contribution >= 0.6 is 0 Å². The third-order valence-electron chi connectivity index (χ3n) is 6.05. The van der Waals surface area contributed by atoms with Crippen LogP contribution in [-0.2, 0) is 23.7 Å². The summed E-state index contributed by atoms with van der Waals surface area (Å²) < 4.78 is 26.1. The maximum Gasteiger partial charge on any atom is 0.186 e. The van der Waals surface area contributed by atoms with Crippen LogP contribution in [0.3, 0.4) is 0 Å². The molecule has 34 heavy (non-hydrogen) atoms. The smallest absolute Gasteiger partial charge is 0.186 e. The summed E-state index contributed by atoms with van der Waals surface area (Å²) in [4.78, 5) is 0. The van der Waals surface area contributed by atoms with Crippen molar-refractivity contribution in [1.82, 2.24) is 0 Å². The molecule has 0 radical (unpaired) electrons. The van der Waals surface area contributed by atoms with Gasteiger partial charge in [0.25, 0.3) is 0 Å². The van der Waals surface area contributed by atoms with E-state index in [1.165, 1.54) is 0 Å². The molecule has 3 fully saturated rings. The van der Waals surface area contributed by atoms with Crippen LogP contribution in [0.4, 0.5) is 0 Å². The van der Waals surface area contributed by atoms with Gasteiger partial charge in [-0.25, -0.2) is 0 Å². The normalized spacial score (nSPS) is 52.5. The molecule has 0 saturated carbocycles. The number of rotatable bonds is 7. The zero-order chi connectivity index (χ0) is 25.3. The van der Waals surface area contributed by atoms with E-state index in [1.807, 2.05) is 0 Å². The van der Waals surface area contributed by atoms with Crippen LogP contribution in [0.15, 0.2) is 0 Å². The highest BCUT2D eigenvalue weighted by atomic mass is 16.7. The summed E-state index contributed by atoms with van der Waals surface area (Å²) in [5, 5.41) is 108. The lowest BCUT2D eigenvalue weighted by Gasteiger charge is -2.43. The number of aliphatic hydroxyl groups is 11. The van der Waals surface area contributed by atoms with Crippen molar-refractivity contribution >= 4 is 0 Å². The molecule has 0 aromatic heterocycles. The summed E-state index contributed by atoms with van der Waals surface area (Å²) >= 11 is 0. The van der Waals surface area contributed by atoms with E-state index in [0.717, 1.165) is 0 Å². The van der Waals surface area contributed by atoms with Crippen LogP contribution in [0.5, 0.6) is 0 Å². The van der Waals surface area contributed by atoms with Crippen molar-refractivity contribution < 1.29 is 79.9 Å². The second kappa shape index (κ2) is 11.6. The molecular weight excluding hydrogens is 472 g/mol. The fourth-order valence-corrected chi connectivity index (χ4v) is 3.84. The molecule has 0 aromatic carbocycles. The molecule has 16 nitrogen and oxygen atoms in total. The predicted molar refractivity (Wildman–Crippen MR) is 101 cm³/mol. The number of hydrogen-bond acceptors (Lipinski definition) is 16. The maximum absolute atomic E-state index is 10.2. The molecule has 0 spiro atoms. The van der Waals surface area contributed by atoms with E-state index in [9.17, 15) is 56.2 Å². The number of hydrogen-bond donors (Lipinski definition) is 11. The zero-order valence-electron chi connectivity index (χ0n) is 17.7. The summed E-state index contributed by atoms with van der Waals surface area (Å²) in [5.41, 5.74) is 0. The van der Waals surface area contributed by atoms with Gasteiger partial charge in [0.2, 0.25) is 0 Å². The quantitative estimate of drug-likeness (QED) is 0.154. The topological polar surface area (TPSA) is 269 Å². The summed E-state index contributed by atoms with van der Waals surface area (Å²) in [5.74, 6) is 0. The first-order valence-corrected chi connectivity index (χ1v) is 10.6. The van der Waals surface area contributed by atoms with Crippen molar-refractivity contribution in [2.24, 2.45) is 0 Å². The molecule has 0 amide bonds. The second-order valence-corrected chi connectivity index (χ2v) is 8.42. The molecule has 200 valence electrons. The van der Waals surface area contributed by atoms with Crippen LogP contribution in [-0.4, -0.2) is 168 Å². The molecule has 0 bridgehead atoms. The first kappa shape index (κ1) is 27.9. The van der Waals surface area contributed by atoms with Gasteiger partial charge in [-0.2, -0.15) is 0 Å². The molecular formula is C18H32O16. The van der Waals surface area contributed by atoms with E-state index in [1.54, 1.807) is 0 Å². The van der Waals surface area contributed by atoms with Crippen LogP contribution in [0.25, 0.3) is 0 Å². The van der Waals surface area contributed by atoms with Gasteiger partial charge in [-0.15, -0.1) is 0 Å². The Labute approximate surface area is 192 Å². The Morgan fingerprint density at radius 1 is 0.441 bits per heavy atom. The molecule has 3 aliphatic rings. The number of ether oxygens (including phenoxy) is 5. The molecule has 3 heterocycles.